The Labute approximate surface area is 58.3 Å². The highest BCUT2D eigenvalue weighted by molar-refractivity contribution is 5.06. The molecule has 0 rings (SSSR count). The molecule has 9 heavy (non-hydrogen) atoms. The fourth-order valence-corrected chi connectivity index (χ4v) is 0.569. The third kappa shape index (κ3) is 4.01. The van der Waals surface area contributed by atoms with Crippen LogP contribution in [0, 0.1) is 0 Å². The van der Waals surface area contributed by atoms with Crippen LogP contribution in [-0.4, -0.2) is 0 Å². The summed E-state index contributed by atoms with van der Waals surface area (Å²) in [5.41, 5.74) is 2.94. The van der Waals surface area contributed by atoms with Crippen LogP contribution in [0.15, 0.2) is 23.8 Å². The third-order valence-electron chi connectivity index (χ3n) is 1.58. The van der Waals surface area contributed by atoms with E-state index < -0.39 is 0 Å². The van der Waals surface area contributed by atoms with Crippen LogP contribution in [0.5, 0.6) is 0 Å². The molecule has 0 aromatic carbocycles. The highest BCUT2D eigenvalue weighted by Crippen LogP contribution is 2.08. The topological polar surface area (TPSA) is 0 Å². The monoisotopic (exact) mass is 124 g/mol. The molecule has 0 aliphatic heterocycles. The van der Waals surface area contributed by atoms with Crippen molar-refractivity contribution in [3.8, 4) is 0 Å². The minimum Gasteiger partial charge on any atom is -0.103 e. The molecule has 0 saturated heterocycles. The van der Waals surface area contributed by atoms with Crippen LogP contribution < -0.4 is 0 Å². The summed E-state index contributed by atoms with van der Waals surface area (Å²) in [4.78, 5) is 0. The molecule has 0 heteroatoms. The Morgan fingerprint density at radius 1 is 1.33 bits per heavy atom. The van der Waals surface area contributed by atoms with E-state index in [0.717, 1.165) is 6.42 Å². The quantitative estimate of drug-likeness (QED) is 0.506. The van der Waals surface area contributed by atoms with Gasteiger partial charge in [0.15, 0.2) is 0 Å². The molecule has 0 bridgehead atoms. The molecular formula is C9H16. The lowest BCUT2D eigenvalue weighted by Gasteiger charge is -1.98. The van der Waals surface area contributed by atoms with E-state index >= 15 is 0 Å². The largest absolute Gasteiger partial charge is 0.103 e. The Balaban J connectivity index is 3.62. The van der Waals surface area contributed by atoms with Crippen molar-refractivity contribution in [2.45, 2.75) is 33.6 Å². The summed E-state index contributed by atoms with van der Waals surface area (Å²) in [7, 11) is 0. The molecule has 0 aromatic heterocycles. The molecule has 0 aliphatic carbocycles. The van der Waals surface area contributed by atoms with Crippen LogP contribution in [0.4, 0.5) is 0 Å². The summed E-state index contributed by atoms with van der Waals surface area (Å²) in [6.07, 6.45) is 4.25. The van der Waals surface area contributed by atoms with Crippen molar-refractivity contribution in [2.75, 3.05) is 0 Å². The first-order valence-corrected chi connectivity index (χ1v) is 3.42. The molecule has 0 saturated carbocycles. The standard InChI is InChI=1S/C9H16/c1-5-6-7-9(4)8(2)3/h5H,1,6-7H2,2-4H3. The van der Waals surface area contributed by atoms with Gasteiger partial charge in [0, 0.05) is 0 Å². The normalized spacial score (nSPS) is 8.78. The van der Waals surface area contributed by atoms with Crippen molar-refractivity contribution in [1.29, 1.82) is 0 Å². The second-order valence-electron chi connectivity index (χ2n) is 2.61. The van der Waals surface area contributed by atoms with E-state index in [0.29, 0.717) is 0 Å². The summed E-state index contributed by atoms with van der Waals surface area (Å²) in [5, 5.41) is 0. The Kier molecular flexibility index (Phi) is 4.12. The SMILES string of the molecule is C=CCCC(C)=C(C)C. The lowest BCUT2D eigenvalue weighted by Crippen LogP contribution is -1.78. The van der Waals surface area contributed by atoms with Crippen LogP contribution >= 0.6 is 0 Å². The van der Waals surface area contributed by atoms with Crippen molar-refractivity contribution >= 4 is 0 Å². The average Bonchev–Trinajstić information content (AvgIpc) is 1.82. The van der Waals surface area contributed by atoms with Crippen LogP contribution in [0.3, 0.4) is 0 Å². The van der Waals surface area contributed by atoms with Gasteiger partial charge in [-0.2, -0.15) is 0 Å². The summed E-state index contributed by atoms with van der Waals surface area (Å²) in [6.45, 7) is 10.2. The van der Waals surface area contributed by atoms with Gasteiger partial charge in [0.2, 0.25) is 0 Å². The minimum atomic E-state index is 1.11. The van der Waals surface area contributed by atoms with Gasteiger partial charge in [-0.15, -0.1) is 6.58 Å². The van der Waals surface area contributed by atoms with E-state index in [2.05, 4.69) is 27.4 Å². The van der Waals surface area contributed by atoms with Gasteiger partial charge in [-0.1, -0.05) is 17.2 Å². The number of rotatable bonds is 3. The van der Waals surface area contributed by atoms with E-state index in [-0.39, 0.29) is 0 Å². The molecule has 52 valence electrons. The molecule has 0 radical (unpaired) electrons. The van der Waals surface area contributed by atoms with Gasteiger partial charge in [-0.3, -0.25) is 0 Å². The molecular weight excluding hydrogens is 108 g/mol. The zero-order chi connectivity index (χ0) is 7.28. The van der Waals surface area contributed by atoms with Crippen molar-refractivity contribution in [2.24, 2.45) is 0 Å². The highest BCUT2D eigenvalue weighted by atomic mass is 13.9. The second kappa shape index (κ2) is 4.37. The first-order chi connectivity index (χ1) is 4.18. The van der Waals surface area contributed by atoms with Gasteiger partial charge in [0.1, 0.15) is 0 Å². The summed E-state index contributed by atoms with van der Waals surface area (Å²) < 4.78 is 0. The zero-order valence-corrected chi connectivity index (χ0v) is 6.70. The molecule has 0 aliphatic rings. The van der Waals surface area contributed by atoms with E-state index in [1.807, 2.05) is 6.08 Å². The van der Waals surface area contributed by atoms with E-state index in [1.165, 1.54) is 17.6 Å². The summed E-state index contributed by atoms with van der Waals surface area (Å²) >= 11 is 0. The lowest BCUT2D eigenvalue weighted by atomic mass is 10.1. The van der Waals surface area contributed by atoms with Crippen molar-refractivity contribution in [1.82, 2.24) is 0 Å². The number of hydrogen-bond donors (Lipinski definition) is 0. The molecule has 0 spiro atoms. The first kappa shape index (κ1) is 8.48. The summed E-state index contributed by atoms with van der Waals surface area (Å²) in [6, 6.07) is 0. The second-order valence-corrected chi connectivity index (χ2v) is 2.61. The Morgan fingerprint density at radius 3 is 2.22 bits per heavy atom. The summed E-state index contributed by atoms with van der Waals surface area (Å²) in [5.74, 6) is 0. The lowest BCUT2D eigenvalue weighted by molar-refractivity contribution is 0.956. The molecule has 0 amide bonds. The molecule has 0 N–H and O–H groups in total. The molecule has 0 fully saturated rings. The molecule has 0 heterocycles. The van der Waals surface area contributed by atoms with Crippen molar-refractivity contribution < 1.29 is 0 Å². The van der Waals surface area contributed by atoms with E-state index in [4.69, 9.17) is 0 Å². The molecule has 0 aromatic rings. The van der Waals surface area contributed by atoms with Gasteiger partial charge < -0.3 is 0 Å². The third-order valence-corrected chi connectivity index (χ3v) is 1.58. The molecule has 0 nitrogen and oxygen atoms in total. The fraction of sp³-hybridized carbons (Fsp3) is 0.556. The number of allylic oxidation sites excluding steroid dienone is 3. The zero-order valence-electron chi connectivity index (χ0n) is 6.70. The first-order valence-electron chi connectivity index (χ1n) is 3.42. The van der Waals surface area contributed by atoms with E-state index in [1.54, 1.807) is 0 Å². The van der Waals surface area contributed by atoms with Crippen LogP contribution in [0.2, 0.25) is 0 Å². The van der Waals surface area contributed by atoms with Crippen LogP contribution in [0.25, 0.3) is 0 Å². The smallest absolute Gasteiger partial charge is 0.0286 e. The van der Waals surface area contributed by atoms with Gasteiger partial charge in [0.25, 0.3) is 0 Å². The highest BCUT2D eigenvalue weighted by Gasteiger charge is 1.88. The number of hydrogen-bond acceptors (Lipinski definition) is 0. The fourth-order valence-electron chi connectivity index (χ4n) is 0.569. The molecule has 0 unspecified atom stereocenters. The Bertz CT molecular complexity index is 114. The predicted molar refractivity (Wildman–Crippen MR) is 43.5 cm³/mol. The van der Waals surface area contributed by atoms with Crippen LogP contribution in [0.1, 0.15) is 33.6 Å². The molecule has 0 atom stereocenters. The average molecular weight is 124 g/mol. The Morgan fingerprint density at radius 2 is 1.89 bits per heavy atom. The minimum absolute atomic E-state index is 1.11. The van der Waals surface area contributed by atoms with Gasteiger partial charge in [0.05, 0.1) is 0 Å². The van der Waals surface area contributed by atoms with Gasteiger partial charge >= 0.3 is 0 Å². The predicted octanol–water partition coefficient (Wildman–Crippen LogP) is 3.31. The Hall–Kier alpha value is -0.520. The van der Waals surface area contributed by atoms with Gasteiger partial charge in [-0.25, -0.2) is 0 Å². The maximum absolute atomic E-state index is 3.67. The van der Waals surface area contributed by atoms with E-state index in [9.17, 15) is 0 Å². The maximum atomic E-state index is 3.67. The van der Waals surface area contributed by atoms with Crippen LogP contribution in [-0.2, 0) is 0 Å². The van der Waals surface area contributed by atoms with Crippen molar-refractivity contribution in [3.05, 3.63) is 23.8 Å². The van der Waals surface area contributed by atoms with Gasteiger partial charge in [-0.05, 0) is 33.6 Å². The van der Waals surface area contributed by atoms with Crippen molar-refractivity contribution in [3.63, 3.8) is 0 Å². The maximum Gasteiger partial charge on any atom is -0.0286 e.